The normalized spacial score (nSPS) is 11.3. The fourth-order valence-corrected chi connectivity index (χ4v) is 1.53. The molecule has 0 fully saturated rings. The number of nitro groups is 1. The van der Waals surface area contributed by atoms with E-state index in [-0.39, 0.29) is 11.4 Å². The Bertz CT molecular complexity index is 433. The molecule has 0 bridgehead atoms. The lowest BCUT2D eigenvalue weighted by Gasteiger charge is -2.27. The van der Waals surface area contributed by atoms with Crippen LogP contribution in [0.15, 0.2) is 18.2 Å². The minimum atomic E-state index is -0.640. The summed E-state index contributed by atoms with van der Waals surface area (Å²) < 4.78 is 13.6. The molecule has 0 saturated carbocycles. The van der Waals surface area contributed by atoms with Crippen molar-refractivity contribution in [1.82, 2.24) is 0 Å². The van der Waals surface area contributed by atoms with E-state index in [9.17, 15) is 14.5 Å². The van der Waals surface area contributed by atoms with Crippen LogP contribution in [-0.4, -0.2) is 17.0 Å². The van der Waals surface area contributed by atoms with Crippen molar-refractivity contribution >= 4 is 11.4 Å². The van der Waals surface area contributed by atoms with Crippen LogP contribution in [0.2, 0.25) is 0 Å². The maximum absolute atomic E-state index is 13.6. The molecule has 0 unspecified atom stereocenters. The van der Waals surface area contributed by atoms with E-state index in [1.54, 1.807) is 0 Å². The third kappa shape index (κ3) is 3.40. The molecule has 5 nitrogen and oxygen atoms in total. The van der Waals surface area contributed by atoms with Crippen LogP contribution in [0, 0.1) is 15.9 Å². The Balaban J connectivity index is 2.77. The molecule has 0 aliphatic carbocycles. The van der Waals surface area contributed by atoms with Crippen molar-refractivity contribution in [3.05, 3.63) is 34.1 Å². The average Bonchev–Trinajstić information content (AvgIpc) is 2.36. The zero-order valence-electron chi connectivity index (χ0n) is 10.6. The highest BCUT2D eigenvalue weighted by molar-refractivity contribution is 5.50. The number of rotatable bonds is 6. The predicted octanol–water partition coefficient (Wildman–Crippen LogP) is 2.66. The summed E-state index contributed by atoms with van der Waals surface area (Å²) in [6.07, 6.45) is 1.54. The molecule has 3 N–H and O–H groups in total. The molecule has 100 valence electrons. The van der Waals surface area contributed by atoms with Crippen LogP contribution in [0.4, 0.5) is 15.8 Å². The second-order valence-corrected chi connectivity index (χ2v) is 4.34. The van der Waals surface area contributed by atoms with Crippen LogP contribution in [0.25, 0.3) is 0 Å². The number of nitrogens with zero attached hydrogens (tertiary/aromatic N) is 1. The molecule has 0 heterocycles. The fraction of sp³-hybridized carbons (Fsp3) is 0.500. The van der Waals surface area contributed by atoms with Crippen LogP contribution >= 0.6 is 0 Å². The maximum atomic E-state index is 13.6. The van der Waals surface area contributed by atoms with Crippen LogP contribution in [0.1, 0.15) is 26.7 Å². The Kier molecular flexibility index (Phi) is 4.61. The first-order chi connectivity index (χ1) is 8.41. The summed E-state index contributed by atoms with van der Waals surface area (Å²) in [7, 11) is 0. The zero-order chi connectivity index (χ0) is 13.8. The van der Waals surface area contributed by atoms with Crippen LogP contribution < -0.4 is 11.1 Å². The number of halogens is 1. The van der Waals surface area contributed by atoms with E-state index < -0.39 is 16.3 Å². The van der Waals surface area contributed by atoms with E-state index in [1.165, 1.54) is 12.1 Å². The number of nitro benzene ring substituents is 1. The topological polar surface area (TPSA) is 81.2 Å². The van der Waals surface area contributed by atoms with Crippen molar-refractivity contribution in [3.63, 3.8) is 0 Å². The largest absolute Gasteiger partial charge is 0.381 e. The SMILES string of the molecule is CCC(N)(CC)CNc1ccc([N+](=O)[O-])cc1F. The highest BCUT2D eigenvalue weighted by Crippen LogP contribution is 2.21. The van der Waals surface area contributed by atoms with E-state index in [4.69, 9.17) is 5.73 Å². The molecule has 0 radical (unpaired) electrons. The van der Waals surface area contributed by atoms with Gasteiger partial charge in [0.05, 0.1) is 16.7 Å². The average molecular weight is 255 g/mol. The van der Waals surface area contributed by atoms with Gasteiger partial charge < -0.3 is 11.1 Å². The molecule has 1 aromatic carbocycles. The Morgan fingerprint density at radius 1 is 1.44 bits per heavy atom. The van der Waals surface area contributed by atoms with Gasteiger partial charge in [-0.05, 0) is 18.9 Å². The van der Waals surface area contributed by atoms with Gasteiger partial charge in [-0.1, -0.05) is 13.8 Å². The molecule has 0 spiro atoms. The number of anilines is 1. The first kappa shape index (κ1) is 14.4. The molecule has 1 aromatic rings. The lowest BCUT2D eigenvalue weighted by molar-refractivity contribution is -0.385. The number of non-ortho nitro benzene ring substituents is 1. The highest BCUT2D eigenvalue weighted by Gasteiger charge is 2.20. The maximum Gasteiger partial charge on any atom is 0.272 e. The number of hydrogen-bond donors (Lipinski definition) is 2. The van der Waals surface area contributed by atoms with Gasteiger partial charge in [0.25, 0.3) is 5.69 Å². The van der Waals surface area contributed by atoms with Gasteiger partial charge in [-0.25, -0.2) is 4.39 Å². The summed E-state index contributed by atoms with van der Waals surface area (Å²) in [5.74, 6) is -0.640. The van der Waals surface area contributed by atoms with Crippen molar-refractivity contribution in [2.45, 2.75) is 32.2 Å². The molecule has 0 amide bonds. The first-order valence-corrected chi connectivity index (χ1v) is 5.88. The third-order valence-electron chi connectivity index (χ3n) is 3.20. The number of nitrogens with one attached hydrogen (secondary N) is 1. The van der Waals surface area contributed by atoms with Crippen molar-refractivity contribution in [2.75, 3.05) is 11.9 Å². The van der Waals surface area contributed by atoms with Crippen molar-refractivity contribution in [2.24, 2.45) is 5.73 Å². The van der Waals surface area contributed by atoms with Gasteiger partial charge in [0.15, 0.2) is 5.82 Å². The quantitative estimate of drug-likeness (QED) is 0.605. The molecule has 0 aliphatic heterocycles. The predicted molar refractivity (Wildman–Crippen MR) is 69.0 cm³/mol. The molecule has 0 aromatic heterocycles. The lowest BCUT2D eigenvalue weighted by atomic mass is 9.94. The molecule has 1 rings (SSSR count). The Morgan fingerprint density at radius 3 is 2.50 bits per heavy atom. The monoisotopic (exact) mass is 255 g/mol. The van der Waals surface area contributed by atoms with Crippen LogP contribution in [-0.2, 0) is 0 Å². The summed E-state index contributed by atoms with van der Waals surface area (Å²) >= 11 is 0. The van der Waals surface area contributed by atoms with Gasteiger partial charge in [0.2, 0.25) is 0 Å². The van der Waals surface area contributed by atoms with Gasteiger partial charge in [-0.15, -0.1) is 0 Å². The van der Waals surface area contributed by atoms with Gasteiger partial charge in [-0.3, -0.25) is 10.1 Å². The Labute approximate surface area is 105 Å². The smallest absolute Gasteiger partial charge is 0.272 e. The third-order valence-corrected chi connectivity index (χ3v) is 3.20. The molecule has 0 aliphatic rings. The molecular formula is C12H18FN3O2. The first-order valence-electron chi connectivity index (χ1n) is 5.88. The molecule has 0 saturated heterocycles. The standard InChI is InChI=1S/C12H18FN3O2/c1-3-12(14,4-2)8-15-11-6-5-9(16(17)18)7-10(11)13/h5-7,15H,3-4,8,14H2,1-2H3. The summed E-state index contributed by atoms with van der Waals surface area (Å²) in [6.45, 7) is 4.36. The van der Waals surface area contributed by atoms with Gasteiger partial charge in [0.1, 0.15) is 0 Å². The zero-order valence-corrected chi connectivity index (χ0v) is 10.6. The van der Waals surface area contributed by atoms with Crippen LogP contribution in [0.3, 0.4) is 0 Å². The summed E-state index contributed by atoms with van der Waals surface area (Å²) in [6, 6.07) is 3.53. The van der Waals surface area contributed by atoms with Gasteiger partial charge in [0, 0.05) is 18.2 Å². The van der Waals surface area contributed by atoms with Crippen molar-refractivity contribution in [3.8, 4) is 0 Å². The number of hydrogen-bond acceptors (Lipinski definition) is 4. The minimum Gasteiger partial charge on any atom is -0.381 e. The molecule has 6 heteroatoms. The van der Waals surface area contributed by atoms with Crippen molar-refractivity contribution in [1.29, 1.82) is 0 Å². The molecule has 18 heavy (non-hydrogen) atoms. The van der Waals surface area contributed by atoms with Gasteiger partial charge in [-0.2, -0.15) is 0 Å². The summed E-state index contributed by atoms with van der Waals surface area (Å²) in [5, 5.41) is 13.4. The summed E-state index contributed by atoms with van der Waals surface area (Å²) in [5.41, 5.74) is 5.66. The Hall–Kier alpha value is -1.69. The minimum absolute atomic E-state index is 0.234. The molecular weight excluding hydrogens is 237 g/mol. The number of benzene rings is 1. The van der Waals surface area contributed by atoms with E-state index in [0.29, 0.717) is 6.54 Å². The highest BCUT2D eigenvalue weighted by atomic mass is 19.1. The van der Waals surface area contributed by atoms with Gasteiger partial charge >= 0.3 is 0 Å². The lowest BCUT2D eigenvalue weighted by Crippen LogP contribution is -2.45. The fourth-order valence-electron chi connectivity index (χ4n) is 1.53. The van der Waals surface area contributed by atoms with E-state index in [2.05, 4.69) is 5.32 Å². The van der Waals surface area contributed by atoms with Crippen molar-refractivity contribution < 1.29 is 9.31 Å². The second-order valence-electron chi connectivity index (χ2n) is 4.34. The van der Waals surface area contributed by atoms with E-state index >= 15 is 0 Å². The van der Waals surface area contributed by atoms with E-state index in [1.807, 2.05) is 13.8 Å². The number of nitrogens with two attached hydrogens (primary N) is 1. The molecule has 0 atom stereocenters. The second kappa shape index (κ2) is 5.77. The van der Waals surface area contributed by atoms with E-state index in [0.717, 1.165) is 18.9 Å². The Morgan fingerprint density at radius 2 is 2.06 bits per heavy atom. The summed E-state index contributed by atoms with van der Waals surface area (Å²) in [4.78, 5) is 9.85. The van der Waals surface area contributed by atoms with Crippen LogP contribution in [0.5, 0.6) is 0 Å².